The van der Waals surface area contributed by atoms with Crippen molar-refractivity contribution in [2.24, 2.45) is 22.4 Å². The molecule has 1 unspecified atom stereocenters. The highest BCUT2D eigenvalue weighted by Gasteiger charge is 2.31. The van der Waals surface area contributed by atoms with E-state index in [2.05, 4.69) is 31.6 Å². The van der Waals surface area contributed by atoms with Crippen molar-refractivity contribution in [3.63, 3.8) is 0 Å². The van der Waals surface area contributed by atoms with Crippen LogP contribution in [0.5, 0.6) is 5.75 Å². The molecular formula is C30H42N8O9. The lowest BCUT2D eigenvalue weighted by atomic mass is 10.00. The zero-order chi connectivity index (χ0) is 35.1. The largest absolute Gasteiger partial charge is 0.508 e. The number of benzene rings is 1. The number of primary amides is 2. The summed E-state index contributed by atoms with van der Waals surface area (Å²) in [6, 6.07) is 1.65. The maximum atomic E-state index is 13.6. The molecular weight excluding hydrogens is 616 g/mol. The van der Waals surface area contributed by atoms with Crippen molar-refractivity contribution in [1.29, 1.82) is 0 Å². The van der Waals surface area contributed by atoms with Gasteiger partial charge in [-0.25, -0.2) is 4.99 Å². The van der Waals surface area contributed by atoms with E-state index in [1.807, 2.05) is 0 Å². The van der Waals surface area contributed by atoms with Crippen LogP contribution in [-0.4, -0.2) is 89.3 Å². The summed E-state index contributed by atoms with van der Waals surface area (Å²) in [5.41, 5.74) is 10.8. The Morgan fingerprint density at radius 1 is 0.894 bits per heavy atom. The van der Waals surface area contributed by atoms with Gasteiger partial charge in [-0.15, -0.1) is 0 Å². The Morgan fingerprint density at radius 2 is 1.57 bits per heavy atom. The molecule has 0 bridgehead atoms. The van der Waals surface area contributed by atoms with Crippen LogP contribution in [0, 0.1) is 5.92 Å². The number of nitrogens with zero attached hydrogens (tertiary/aromatic N) is 1. The van der Waals surface area contributed by atoms with Gasteiger partial charge in [-0.05, 0) is 37.0 Å². The van der Waals surface area contributed by atoms with E-state index in [0.717, 1.165) is 0 Å². The van der Waals surface area contributed by atoms with Crippen molar-refractivity contribution in [2.75, 3.05) is 13.1 Å². The zero-order valence-electron chi connectivity index (χ0n) is 26.3. The molecule has 1 aromatic carbocycles. The number of hydrogen-bond acceptors (Lipinski definition) is 9. The third-order valence-corrected chi connectivity index (χ3v) is 7.22. The van der Waals surface area contributed by atoms with Crippen LogP contribution in [-0.2, 0) is 44.8 Å². The molecule has 47 heavy (non-hydrogen) atoms. The van der Waals surface area contributed by atoms with E-state index in [9.17, 15) is 43.5 Å². The molecule has 0 radical (unpaired) electrons. The average molecular weight is 659 g/mol. The number of hydrogen-bond donors (Lipinski definition) is 8. The first-order valence-corrected chi connectivity index (χ1v) is 15.1. The molecule has 0 saturated heterocycles. The summed E-state index contributed by atoms with van der Waals surface area (Å²) in [6.07, 6.45) is -0.957. The van der Waals surface area contributed by atoms with E-state index in [1.54, 1.807) is 13.8 Å². The van der Waals surface area contributed by atoms with Gasteiger partial charge in [-0.1, -0.05) is 26.0 Å². The number of rotatable bonds is 9. The lowest BCUT2D eigenvalue weighted by molar-refractivity contribution is -0.133. The van der Waals surface area contributed by atoms with Gasteiger partial charge in [0.15, 0.2) is 0 Å². The van der Waals surface area contributed by atoms with Gasteiger partial charge >= 0.3 is 0 Å². The van der Waals surface area contributed by atoms with Gasteiger partial charge in [-0.3, -0.25) is 38.4 Å². The van der Waals surface area contributed by atoms with Crippen LogP contribution in [0.15, 0.2) is 29.3 Å². The van der Waals surface area contributed by atoms with Crippen LogP contribution >= 0.6 is 0 Å². The molecule has 4 atom stereocenters. The SMILES string of the molecule is CCC(C)/C1=N\C(=O)[C@H](Cc2ccc(O)cc2)NC(=O)CNC(=O)CCCNC(=O)[C@H](CC(N)=O)NC(=O)[C@H](CCC(N)=O)NC1=O. The summed E-state index contributed by atoms with van der Waals surface area (Å²) in [5, 5.41) is 21.9. The Balaban J connectivity index is 2.54. The number of carbonyl (C=O) groups excluding carboxylic acids is 8. The minimum Gasteiger partial charge on any atom is -0.508 e. The van der Waals surface area contributed by atoms with E-state index < -0.39 is 84.3 Å². The van der Waals surface area contributed by atoms with Gasteiger partial charge in [0.1, 0.15) is 29.6 Å². The van der Waals surface area contributed by atoms with Crippen molar-refractivity contribution < 1.29 is 43.5 Å². The monoisotopic (exact) mass is 658 g/mol. The molecule has 1 aromatic rings. The Labute approximate surface area is 271 Å². The second-order valence-corrected chi connectivity index (χ2v) is 11.1. The second-order valence-electron chi connectivity index (χ2n) is 11.1. The van der Waals surface area contributed by atoms with Crippen molar-refractivity contribution in [3.05, 3.63) is 29.8 Å². The van der Waals surface area contributed by atoms with Crippen LogP contribution in [0.25, 0.3) is 0 Å². The van der Waals surface area contributed by atoms with E-state index in [1.165, 1.54) is 24.3 Å². The summed E-state index contributed by atoms with van der Waals surface area (Å²) in [6.45, 7) is 2.81. The highest BCUT2D eigenvalue weighted by molar-refractivity contribution is 6.41. The Morgan fingerprint density at radius 3 is 2.19 bits per heavy atom. The van der Waals surface area contributed by atoms with E-state index in [0.29, 0.717) is 12.0 Å². The minimum absolute atomic E-state index is 0.0211. The Bertz CT molecular complexity index is 1380. The van der Waals surface area contributed by atoms with Crippen molar-refractivity contribution in [1.82, 2.24) is 26.6 Å². The molecule has 0 aromatic heterocycles. The second kappa shape index (κ2) is 18.6. The fraction of sp³-hybridized carbons (Fsp3) is 0.500. The van der Waals surface area contributed by atoms with Crippen LogP contribution < -0.4 is 38.1 Å². The third kappa shape index (κ3) is 13.3. The maximum Gasteiger partial charge on any atom is 0.268 e. The molecule has 17 heteroatoms. The maximum absolute atomic E-state index is 13.6. The van der Waals surface area contributed by atoms with Crippen molar-refractivity contribution in [3.8, 4) is 5.75 Å². The first-order chi connectivity index (χ1) is 22.2. The van der Waals surface area contributed by atoms with E-state index in [-0.39, 0.29) is 50.1 Å². The number of aromatic hydroxyl groups is 1. The predicted octanol–water partition coefficient (Wildman–Crippen LogP) is -2.43. The standard InChI is InChI=1S/C30H42N8O9/c1-3-16(2)26-30(47)36-19(10-11-22(31)40)28(45)37-21(14-23(32)41)27(44)33-12-4-5-24(42)34-15-25(43)35-20(29(46)38-26)13-17-6-8-18(39)9-7-17/h6-9,16,19-21,39H,3-5,10-15H2,1-2H3,(H2,31,40)(H2,32,41)(H,33,44)(H,34,42)(H,35,43)(H,36,47)(H,37,45)/b38-26+/t16?,19-,20-,21-/m0/s1. The molecule has 0 fully saturated rings. The Kier molecular flexibility index (Phi) is 15.0. The molecule has 1 heterocycles. The van der Waals surface area contributed by atoms with E-state index in [4.69, 9.17) is 11.5 Å². The van der Waals surface area contributed by atoms with E-state index >= 15 is 0 Å². The van der Waals surface area contributed by atoms with Gasteiger partial charge in [0, 0.05) is 31.7 Å². The summed E-state index contributed by atoms with van der Waals surface area (Å²) >= 11 is 0. The lowest BCUT2D eigenvalue weighted by Crippen LogP contribution is -2.56. The van der Waals surface area contributed by atoms with Crippen LogP contribution in [0.1, 0.15) is 57.9 Å². The smallest absolute Gasteiger partial charge is 0.268 e. The van der Waals surface area contributed by atoms with Gasteiger partial charge in [0.2, 0.25) is 35.4 Å². The number of carbonyl (C=O) groups is 8. The fourth-order valence-corrected chi connectivity index (χ4v) is 4.41. The number of nitrogens with one attached hydrogen (secondary N) is 5. The van der Waals surface area contributed by atoms with Crippen LogP contribution in [0.4, 0.5) is 0 Å². The molecule has 8 amide bonds. The van der Waals surface area contributed by atoms with Gasteiger partial charge in [-0.2, -0.15) is 0 Å². The molecule has 10 N–H and O–H groups in total. The summed E-state index contributed by atoms with van der Waals surface area (Å²) in [4.78, 5) is 106. The third-order valence-electron chi connectivity index (χ3n) is 7.22. The number of phenols is 1. The average Bonchev–Trinajstić information content (AvgIpc) is 3.01. The quantitative estimate of drug-likeness (QED) is 0.140. The lowest BCUT2D eigenvalue weighted by Gasteiger charge is -2.24. The normalized spacial score (nSPS) is 22.7. The molecule has 0 aliphatic carbocycles. The first kappa shape index (κ1) is 37.8. The first-order valence-electron chi connectivity index (χ1n) is 15.1. The summed E-state index contributed by atoms with van der Waals surface area (Å²) in [5.74, 6) is -7.19. The topological polar surface area (TPSA) is 281 Å². The molecule has 256 valence electrons. The molecule has 17 nitrogen and oxygen atoms in total. The number of phenolic OH excluding ortho intramolecular Hbond substituents is 1. The highest BCUT2D eigenvalue weighted by atomic mass is 16.3. The highest BCUT2D eigenvalue weighted by Crippen LogP contribution is 2.13. The number of nitrogens with two attached hydrogens (primary N) is 2. The molecule has 1 aliphatic rings. The van der Waals surface area contributed by atoms with Gasteiger partial charge < -0.3 is 43.2 Å². The molecule has 0 saturated carbocycles. The minimum atomic E-state index is -1.46. The molecule has 0 spiro atoms. The van der Waals surface area contributed by atoms with Crippen LogP contribution in [0.2, 0.25) is 0 Å². The molecule has 2 rings (SSSR count). The summed E-state index contributed by atoms with van der Waals surface area (Å²) < 4.78 is 0. The fourth-order valence-electron chi connectivity index (χ4n) is 4.41. The van der Waals surface area contributed by atoms with Crippen molar-refractivity contribution in [2.45, 2.75) is 76.9 Å². The summed E-state index contributed by atoms with van der Waals surface area (Å²) in [7, 11) is 0. The number of aliphatic imine (C=N–C) groups is 1. The zero-order valence-corrected chi connectivity index (χ0v) is 26.3. The Hall–Kier alpha value is -5.35. The van der Waals surface area contributed by atoms with Gasteiger partial charge in [0.05, 0.1) is 13.0 Å². The van der Waals surface area contributed by atoms with Crippen LogP contribution in [0.3, 0.4) is 0 Å². The number of amides is 8. The molecule has 1 aliphatic heterocycles. The van der Waals surface area contributed by atoms with Gasteiger partial charge in [0.25, 0.3) is 11.8 Å². The van der Waals surface area contributed by atoms with Crippen molar-refractivity contribution >= 4 is 53.0 Å². The predicted molar refractivity (Wildman–Crippen MR) is 167 cm³/mol.